The van der Waals surface area contributed by atoms with Gasteiger partial charge in [0.05, 0.1) is 0 Å². The molecule has 0 amide bonds. The van der Waals surface area contributed by atoms with Crippen LogP contribution < -0.4 is 4.13 Å². The third kappa shape index (κ3) is 3.26. The molecule has 17 heavy (non-hydrogen) atoms. The third-order valence-corrected chi connectivity index (χ3v) is 4.87. The molecule has 0 saturated carbocycles. The van der Waals surface area contributed by atoms with Crippen molar-refractivity contribution in [1.82, 2.24) is 4.13 Å². The van der Waals surface area contributed by atoms with Crippen molar-refractivity contribution in [3.05, 3.63) is 29.6 Å². The summed E-state index contributed by atoms with van der Waals surface area (Å²) in [4.78, 5) is -0.557. The van der Waals surface area contributed by atoms with Gasteiger partial charge in [0.25, 0.3) is 10.0 Å². The van der Waals surface area contributed by atoms with Crippen LogP contribution in [0.2, 0.25) is 0 Å². The molecule has 0 radical (unpaired) electrons. The number of halogens is 1. The SMILES string of the molecule is C=S(C)(=O)NS(=O)(=O)c1cccc(F)c1C#N. The van der Waals surface area contributed by atoms with Crippen LogP contribution in [0.3, 0.4) is 0 Å². The number of benzene rings is 1. The Hall–Kier alpha value is -1.43. The number of sulfonamides is 1. The maximum Gasteiger partial charge on any atom is 0.252 e. The number of nitrogens with one attached hydrogen (secondary N) is 1. The van der Waals surface area contributed by atoms with Crippen LogP contribution in [-0.4, -0.2) is 24.8 Å². The summed E-state index contributed by atoms with van der Waals surface area (Å²) >= 11 is 0. The van der Waals surface area contributed by atoms with Crippen molar-refractivity contribution in [2.24, 2.45) is 0 Å². The molecule has 1 aromatic rings. The van der Waals surface area contributed by atoms with Gasteiger partial charge in [-0.05, 0) is 18.0 Å². The molecule has 0 bridgehead atoms. The van der Waals surface area contributed by atoms with Crippen molar-refractivity contribution < 1.29 is 17.0 Å². The lowest BCUT2D eigenvalue weighted by atomic mass is 10.2. The van der Waals surface area contributed by atoms with Gasteiger partial charge in [0.15, 0.2) is 0 Å². The van der Waals surface area contributed by atoms with Crippen molar-refractivity contribution in [1.29, 1.82) is 5.26 Å². The number of hydrogen-bond acceptors (Lipinski definition) is 4. The first kappa shape index (κ1) is 13.6. The number of rotatable bonds is 3. The Kier molecular flexibility index (Phi) is 3.56. The smallest absolute Gasteiger partial charge is 0.252 e. The van der Waals surface area contributed by atoms with Gasteiger partial charge in [-0.2, -0.15) is 5.26 Å². The number of hydrogen-bond donors (Lipinski definition) is 1. The highest BCUT2D eigenvalue weighted by Gasteiger charge is 2.22. The Bertz CT molecular complexity index is 687. The van der Waals surface area contributed by atoms with Gasteiger partial charge in [-0.25, -0.2) is 12.8 Å². The molecule has 92 valence electrons. The fourth-order valence-corrected chi connectivity index (χ4v) is 4.00. The quantitative estimate of drug-likeness (QED) is 0.801. The molecule has 1 aromatic carbocycles. The van der Waals surface area contributed by atoms with Crippen molar-refractivity contribution in [2.45, 2.75) is 4.90 Å². The van der Waals surface area contributed by atoms with Crippen molar-refractivity contribution in [3.63, 3.8) is 0 Å². The lowest BCUT2D eigenvalue weighted by Gasteiger charge is -2.08. The molecule has 0 aliphatic rings. The van der Waals surface area contributed by atoms with Crippen molar-refractivity contribution in [3.8, 4) is 6.07 Å². The Morgan fingerprint density at radius 1 is 1.41 bits per heavy atom. The van der Waals surface area contributed by atoms with E-state index in [2.05, 4.69) is 5.87 Å². The third-order valence-electron chi connectivity index (χ3n) is 1.66. The Balaban J connectivity index is 3.46. The maximum atomic E-state index is 13.2. The largest absolute Gasteiger partial charge is 0.252 e. The molecule has 0 aliphatic heterocycles. The molecular formula is C9H9FN2O3S2. The first-order chi connectivity index (χ1) is 7.67. The zero-order valence-corrected chi connectivity index (χ0v) is 10.4. The molecule has 0 saturated heterocycles. The van der Waals surface area contributed by atoms with Gasteiger partial charge in [-0.1, -0.05) is 6.07 Å². The molecule has 1 N–H and O–H groups in total. The molecule has 0 fully saturated rings. The normalized spacial score (nSPS) is 14.9. The van der Waals surface area contributed by atoms with E-state index in [1.165, 1.54) is 6.07 Å². The van der Waals surface area contributed by atoms with E-state index in [0.29, 0.717) is 0 Å². The van der Waals surface area contributed by atoms with Gasteiger partial charge in [0.1, 0.15) is 22.3 Å². The molecule has 1 atom stereocenters. The Labute approximate surface area is 99.1 Å². The lowest BCUT2D eigenvalue weighted by molar-refractivity contribution is 0.586. The summed E-state index contributed by atoms with van der Waals surface area (Å²) < 4.78 is 49.7. The van der Waals surface area contributed by atoms with Crippen LogP contribution >= 0.6 is 0 Å². The van der Waals surface area contributed by atoms with E-state index < -0.39 is 36.0 Å². The van der Waals surface area contributed by atoms with E-state index in [0.717, 1.165) is 24.5 Å². The average Bonchev–Trinajstić information content (AvgIpc) is 2.13. The number of nitrogens with zero attached hydrogens (tertiary/aromatic N) is 1. The van der Waals surface area contributed by atoms with E-state index in [1.807, 2.05) is 0 Å². The van der Waals surface area contributed by atoms with E-state index in [1.54, 1.807) is 4.13 Å². The van der Waals surface area contributed by atoms with E-state index >= 15 is 0 Å². The van der Waals surface area contributed by atoms with Gasteiger partial charge in [-0.3, -0.25) is 4.21 Å². The van der Waals surface area contributed by atoms with Gasteiger partial charge in [-0.15, -0.1) is 4.13 Å². The van der Waals surface area contributed by atoms with Crippen LogP contribution in [-0.2, 0) is 19.7 Å². The zero-order chi connectivity index (χ0) is 13.3. The van der Waals surface area contributed by atoms with Gasteiger partial charge in [0, 0.05) is 16.0 Å². The molecule has 1 unspecified atom stereocenters. The summed E-state index contributed by atoms with van der Waals surface area (Å²) in [5, 5.41) is 8.69. The van der Waals surface area contributed by atoms with Gasteiger partial charge in [0.2, 0.25) is 0 Å². The fraction of sp³-hybridized carbons (Fsp3) is 0.111. The van der Waals surface area contributed by atoms with Crippen LogP contribution in [0.5, 0.6) is 0 Å². The summed E-state index contributed by atoms with van der Waals surface area (Å²) in [5.41, 5.74) is -0.622. The standard InChI is InChI=1S/C9H9FN2O3S2/c1-16(2,13)12-17(14,15)9-5-3-4-8(10)7(9)6-11/h3-5H,1H2,2H3,(H,12,13). The summed E-state index contributed by atoms with van der Waals surface area (Å²) in [6, 6.07) is 4.61. The van der Waals surface area contributed by atoms with Crippen LogP contribution in [0, 0.1) is 17.1 Å². The predicted molar refractivity (Wildman–Crippen MR) is 62.6 cm³/mol. The van der Waals surface area contributed by atoms with Crippen molar-refractivity contribution in [2.75, 3.05) is 6.26 Å². The van der Waals surface area contributed by atoms with Gasteiger partial charge < -0.3 is 0 Å². The molecule has 0 spiro atoms. The molecule has 5 nitrogen and oxygen atoms in total. The Morgan fingerprint density at radius 2 is 2.00 bits per heavy atom. The second kappa shape index (κ2) is 4.44. The Morgan fingerprint density at radius 3 is 2.47 bits per heavy atom. The minimum absolute atomic E-state index is 0.557. The summed E-state index contributed by atoms with van der Waals surface area (Å²) in [7, 11) is -7.27. The maximum absolute atomic E-state index is 13.2. The molecule has 1 rings (SSSR count). The number of nitriles is 1. The average molecular weight is 276 g/mol. The van der Waals surface area contributed by atoms with Crippen LogP contribution in [0.4, 0.5) is 4.39 Å². The minimum Gasteiger partial charge on any atom is -0.252 e. The highest BCUT2D eigenvalue weighted by molar-refractivity contribution is 8.09. The van der Waals surface area contributed by atoms with Crippen LogP contribution in [0.15, 0.2) is 23.1 Å². The first-order valence-electron chi connectivity index (χ1n) is 4.22. The highest BCUT2D eigenvalue weighted by Crippen LogP contribution is 2.17. The van der Waals surface area contributed by atoms with Crippen LogP contribution in [0.25, 0.3) is 0 Å². The topological polar surface area (TPSA) is 87.0 Å². The molecular weight excluding hydrogens is 267 g/mol. The molecule has 0 aliphatic carbocycles. The molecule has 0 aromatic heterocycles. The monoisotopic (exact) mass is 276 g/mol. The zero-order valence-electron chi connectivity index (χ0n) is 8.81. The highest BCUT2D eigenvalue weighted by atomic mass is 32.3. The second-order valence-electron chi connectivity index (χ2n) is 3.32. The van der Waals surface area contributed by atoms with E-state index in [4.69, 9.17) is 5.26 Å². The van der Waals surface area contributed by atoms with E-state index in [-0.39, 0.29) is 0 Å². The van der Waals surface area contributed by atoms with Crippen molar-refractivity contribution >= 4 is 25.6 Å². The summed E-state index contributed by atoms with van der Waals surface area (Å²) in [6.45, 7) is 0. The fourth-order valence-electron chi connectivity index (χ4n) is 1.11. The minimum atomic E-state index is -4.23. The summed E-state index contributed by atoms with van der Waals surface area (Å²) in [6.07, 6.45) is 1.08. The second-order valence-corrected chi connectivity index (χ2v) is 7.44. The molecule has 8 heteroatoms. The lowest BCUT2D eigenvalue weighted by Crippen LogP contribution is -2.30. The van der Waals surface area contributed by atoms with Crippen LogP contribution in [0.1, 0.15) is 5.56 Å². The van der Waals surface area contributed by atoms with Gasteiger partial charge >= 0.3 is 0 Å². The predicted octanol–water partition coefficient (Wildman–Crippen LogP) is 0.237. The van der Waals surface area contributed by atoms with E-state index in [9.17, 15) is 17.0 Å². The molecule has 0 heterocycles. The summed E-state index contributed by atoms with van der Waals surface area (Å²) in [5.74, 6) is 2.16. The first-order valence-corrected chi connectivity index (χ1v) is 7.83.